The molecule has 45 heavy (non-hydrogen) atoms. The van der Waals surface area contributed by atoms with Gasteiger partial charge in [-0.1, -0.05) is 6.07 Å². The number of β-lactam (4-membered cyclic amide) rings is 1. The Morgan fingerprint density at radius 1 is 1.13 bits per heavy atom. The average Bonchev–Trinajstić information content (AvgIpc) is 2.99. The predicted molar refractivity (Wildman–Crippen MR) is 149 cm³/mol. The number of ether oxygens (including phenoxy) is 1. The van der Waals surface area contributed by atoms with Gasteiger partial charge in [0.2, 0.25) is 12.3 Å². The van der Waals surface area contributed by atoms with E-state index in [0.717, 1.165) is 41.8 Å². The lowest BCUT2D eigenvalue weighted by atomic mass is 9.96. The summed E-state index contributed by atoms with van der Waals surface area (Å²) >= 11 is 0.851. The summed E-state index contributed by atoms with van der Waals surface area (Å²) < 4.78 is 4.90. The van der Waals surface area contributed by atoms with E-state index in [1.807, 2.05) is 0 Å². The molecule has 2 fully saturated rings. The molecule has 4 rings (SSSR count). The van der Waals surface area contributed by atoms with Gasteiger partial charge in [0.05, 0.1) is 0 Å². The molecule has 0 saturated carbocycles. The van der Waals surface area contributed by atoms with Crippen LogP contribution in [0.15, 0.2) is 29.5 Å². The molecular weight excluding hydrogens is 620 g/mol. The summed E-state index contributed by atoms with van der Waals surface area (Å²) in [5.41, 5.74) is -0.631. The number of carbonyl (C=O) groups excluding carboxylic acids is 7. The monoisotopic (exact) mass is 648 g/mol. The number of aliphatic carboxylic acids is 1. The van der Waals surface area contributed by atoms with Crippen LogP contribution in [-0.4, -0.2) is 121 Å². The van der Waals surface area contributed by atoms with Crippen LogP contribution in [-0.2, 0) is 38.3 Å². The zero-order chi connectivity index (χ0) is 33.2. The van der Waals surface area contributed by atoms with E-state index < -0.39 is 82.5 Å². The highest BCUT2D eigenvalue weighted by Gasteiger charge is 2.66. The van der Waals surface area contributed by atoms with Gasteiger partial charge >= 0.3 is 29.8 Å². The smallest absolute Gasteiger partial charge is 0.352 e. The van der Waals surface area contributed by atoms with E-state index in [4.69, 9.17) is 4.74 Å². The van der Waals surface area contributed by atoms with Crippen LogP contribution in [0, 0.1) is 0 Å². The summed E-state index contributed by atoms with van der Waals surface area (Å²) in [6.07, 6.45) is 0.192. The van der Waals surface area contributed by atoms with E-state index in [9.17, 15) is 53.7 Å². The normalized spacial score (nSPS) is 21.8. The first-order valence-electron chi connectivity index (χ1n) is 13.3. The predicted octanol–water partition coefficient (Wildman–Crippen LogP) is -2.09. The van der Waals surface area contributed by atoms with Crippen molar-refractivity contribution in [1.29, 1.82) is 0 Å². The minimum Gasteiger partial charge on any atom is -0.504 e. The highest BCUT2D eigenvalue weighted by atomic mass is 32.2. The number of imide groups is 1. The number of piperazine rings is 1. The second-order valence-electron chi connectivity index (χ2n) is 9.87. The summed E-state index contributed by atoms with van der Waals surface area (Å²) in [7, 11) is 0. The molecule has 3 atom stereocenters. The number of nitrogens with zero attached hydrogens (tertiary/aromatic N) is 3. The van der Waals surface area contributed by atoms with Crippen molar-refractivity contribution in [1.82, 2.24) is 30.7 Å². The maximum atomic E-state index is 13.7. The van der Waals surface area contributed by atoms with Crippen LogP contribution in [0.25, 0.3) is 0 Å². The molecular formula is C26H28N6O12S. The molecule has 18 nitrogen and oxygen atoms in total. The van der Waals surface area contributed by atoms with Gasteiger partial charge < -0.3 is 40.9 Å². The molecule has 7 amide bonds. The van der Waals surface area contributed by atoms with Gasteiger partial charge in [0, 0.05) is 37.9 Å². The fourth-order valence-corrected chi connectivity index (χ4v) is 6.35. The second kappa shape index (κ2) is 12.7. The fourth-order valence-electron chi connectivity index (χ4n) is 4.97. The Morgan fingerprint density at radius 2 is 1.84 bits per heavy atom. The number of phenolic OH excluding ortho intramolecular Hbond substituents is 2. The summed E-state index contributed by atoms with van der Waals surface area (Å²) in [5.74, 6) is -7.81. The standard InChI is InChI=1S/C26H28N6O12S/c1-3-30-6-7-31(23(40)22(30)39)25(43)28-17(13-4-5-15(35)16(36)8-13)20(37)29-19-21(38)32-18(24(41)42)14(9-44-12(2)34)10-45-26(19,32)27-11-33/h4-5,8,11,17,19,35-36H,3,6-7,9-10H2,1-2H3,(H,27,33)(H,28,43)(H,29,37)(H,41,42)/t17?,19-,26?/m1/s1. The molecule has 3 aliphatic heterocycles. The van der Waals surface area contributed by atoms with Crippen molar-refractivity contribution in [3.63, 3.8) is 0 Å². The van der Waals surface area contributed by atoms with Gasteiger partial charge in [0.1, 0.15) is 18.3 Å². The second-order valence-corrected chi connectivity index (χ2v) is 11.1. The maximum absolute atomic E-state index is 13.7. The van der Waals surface area contributed by atoms with Crippen LogP contribution in [0.1, 0.15) is 25.5 Å². The maximum Gasteiger partial charge on any atom is 0.352 e. The SMILES string of the molecule is CCN1CCN(C(=O)NC(C(=O)N[C@@H]2C(=O)N3C(C(=O)O)=C(COC(C)=O)CSC23NC=O)c2ccc(O)c(O)c2)C(=O)C1=O. The molecule has 0 spiro atoms. The summed E-state index contributed by atoms with van der Waals surface area (Å²) in [6.45, 7) is 2.37. The Labute approximate surface area is 258 Å². The largest absolute Gasteiger partial charge is 0.504 e. The van der Waals surface area contributed by atoms with Gasteiger partial charge in [0.15, 0.2) is 22.5 Å². The number of phenols is 2. The Morgan fingerprint density at radius 3 is 2.44 bits per heavy atom. The van der Waals surface area contributed by atoms with Crippen LogP contribution in [0.2, 0.25) is 0 Å². The topological polar surface area (TPSA) is 252 Å². The first-order valence-corrected chi connectivity index (χ1v) is 14.3. The van der Waals surface area contributed by atoms with Crippen molar-refractivity contribution in [2.75, 3.05) is 32.0 Å². The quantitative estimate of drug-likeness (QED) is 0.0524. The van der Waals surface area contributed by atoms with E-state index >= 15 is 0 Å². The number of carbonyl (C=O) groups is 8. The Kier molecular flexibility index (Phi) is 9.21. The van der Waals surface area contributed by atoms with Crippen LogP contribution >= 0.6 is 11.8 Å². The van der Waals surface area contributed by atoms with E-state index in [0.29, 0.717) is 4.90 Å². The van der Waals surface area contributed by atoms with E-state index in [2.05, 4.69) is 16.0 Å². The summed E-state index contributed by atoms with van der Waals surface area (Å²) in [4.78, 5) is 101. The molecule has 0 aromatic heterocycles. The number of benzene rings is 1. The lowest BCUT2D eigenvalue weighted by molar-refractivity contribution is -0.160. The van der Waals surface area contributed by atoms with Crippen LogP contribution in [0.3, 0.4) is 0 Å². The van der Waals surface area contributed by atoms with Gasteiger partial charge in [-0.25, -0.2) is 9.59 Å². The molecule has 0 radical (unpaired) electrons. The molecule has 3 aliphatic rings. The van der Waals surface area contributed by atoms with Gasteiger partial charge in [0.25, 0.3) is 5.91 Å². The first-order chi connectivity index (χ1) is 21.3. The number of esters is 1. The van der Waals surface area contributed by atoms with Gasteiger partial charge in [-0.2, -0.15) is 0 Å². The van der Waals surface area contributed by atoms with Gasteiger partial charge in [-0.05, 0) is 24.6 Å². The number of amides is 7. The zero-order valence-corrected chi connectivity index (χ0v) is 24.6. The van der Waals surface area contributed by atoms with Crippen molar-refractivity contribution in [3.05, 3.63) is 35.0 Å². The van der Waals surface area contributed by atoms with E-state index in [1.54, 1.807) is 6.92 Å². The number of urea groups is 1. The number of likely N-dealkylation sites (N-methyl/N-ethyl adjacent to an activating group) is 1. The molecule has 6 N–H and O–H groups in total. The molecule has 1 aromatic rings. The lowest BCUT2D eigenvalue weighted by Gasteiger charge is -2.58. The molecule has 2 saturated heterocycles. The first kappa shape index (κ1) is 32.6. The summed E-state index contributed by atoms with van der Waals surface area (Å²) in [6, 6.07) is -1.36. The third kappa shape index (κ3) is 5.93. The number of carboxylic acid groups (broad SMARTS) is 1. The van der Waals surface area contributed by atoms with Crippen molar-refractivity contribution >= 4 is 59.8 Å². The number of nitrogens with one attached hydrogen (secondary N) is 3. The number of thioether (sulfide) groups is 1. The molecule has 240 valence electrons. The molecule has 19 heteroatoms. The number of aromatic hydroxyl groups is 2. The number of rotatable bonds is 10. The van der Waals surface area contributed by atoms with Crippen LogP contribution in [0.5, 0.6) is 11.5 Å². The van der Waals surface area contributed by atoms with Crippen molar-refractivity contribution in [2.24, 2.45) is 0 Å². The number of hydrogen-bond donors (Lipinski definition) is 6. The number of carboxylic acids is 1. The molecule has 3 heterocycles. The molecule has 1 aromatic carbocycles. The Bertz CT molecular complexity index is 1530. The molecule has 0 bridgehead atoms. The van der Waals surface area contributed by atoms with Crippen molar-refractivity contribution in [3.8, 4) is 11.5 Å². The van der Waals surface area contributed by atoms with Crippen molar-refractivity contribution < 1.29 is 58.4 Å². The van der Waals surface area contributed by atoms with E-state index in [1.165, 1.54) is 4.90 Å². The third-order valence-electron chi connectivity index (χ3n) is 7.22. The highest BCUT2D eigenvalue weighted by molar-refractivity contribution is 8.01. The lowest BCUT2D eigenvalue weighted by Crippen LogP contribution is -2.83. The molecule has 2 unspecified atom stereocenters. The van der Waals surface area contributed by atoms with E-state index in [-0.39, 0.29) is 42.9 Å². The average molecular weight is 649 g/mol. The zero-order valence-electron chi connectivity index (χ0n) is 23.8. The van der Waals surface area contributed by atoms with Crippen LogP contribution < -0.4 is 16.0 Å². The molecule has 0 aliphatic carbocycles. The minimum absolute atomic E-state index is 0.0355. The van der Waals surface area contributed by atoms with Crippen LogP contribution in [0.4, 0.5) is 4.79 Å². The Hall–Kier alpha value is -5.33. The number of fused-ring (bicyclic) bond motifs is 1. The van der Waals surface area contributed by atoms with Crippen molar-refractivity contribution in [2.45, 2.75) is 30.9 Å². The van der Waals surface area contributed by atoms with Gasteiger partial charge in [-0.15, -0.1) is 11.8 Å². The number of hydrogen-bond acceptors (Lipinski definition) is 12. The third-order valence-corrected chi connectivity index (χ3v) is 8.69. The fraction of sp³-hybridized carbons (Fsp3) is 0.385. The summed E-state index contributed by atoms with van der Waals surface area (Å²) in [5, 5.41) is 36.8. The van der Waals surface area contributed by atoms with Gasteiger partial charge in [-0.3, -0.25) is 38.6 Å². The minimum atomic E-state index is -1.84. The highest BCUT2D eigenvalue weighted by Crippen LogP contribution is 2.48. The Balaban J connectivity index is 1.64.